The average molecular weight is 316 g/mol. The van der Waals surface area contributed by atoms with Crippen LogP contribution in [-0.4, -0.2) is 64.9 Å². The minimum absolute atomic E-state index is 0.0273. The van der Waals surface area contributed by atoms with Gasteiger partial charge in [-0.1, -0.05) is 12.8 Å². The van der Waals surface area contributed by atoms with Crippen LogP contribution in [0.5, 0.6) is 0 Å². The minimum atomic E-state index is -1.37. The predicted molar refractivity (Wildman–Crippen MR) is 80.8 cm³/mol. The monoisotopic (exact) mass is 316 g/mol. The number of rotatable bonds is 9. The van der Waals surface area contributed by atoms with Gasteiger partial charge in [0.25, 0.3) is 0 Å². The summed E-state index contributed by atoms with van der Waals surface area (Å²) in [6.45, 7) is 0.373. The van der Waals surface area contributed by atoms with Crippen molar-refractivity contribution < 1.29 is 24.7 Å². The van der Waals surface area contributed by atoms with E-state index >= 15 is 0 Å². The molecule has 0 saturated carbocycles. The molecule has 1 saturated heterocycles. The molecule has 1 aliphatic rings. The van der Waals surface area contributed by atoms with Crippen LogP contribution >= 0.6 is 0 Å². The Morgan fingerprint density at radius 1 is 1.41 bits per heavy atom. The third-order valence-corrected chi connectivity index (χ3v) is 3.94. The van der Waals surface area contributed by atoms with E-state index in [1.165, 1.54) is 0 Å². The van der Waals surface area contributed by atoms with E-state index in [4.69, 9.17) is 21.5 Å². The van der Waals surface area contributed by atoms with Gasteiger partial charge in [-0.2, -0.15) is 0 Å². The molecule has 0 unspecified atom stereocenters. The molecule has 0 bridgehead atoms. The number of nitrogens with one attached hydrogen (secondary N) is 2. The van der Waals surface area contributed by atoms with E-state index in [0.29, 0.717) is 25.8 Å². The van der Waals surface area contributed by atoms with Gasteiger partial charge in [0, 0.05) is 19.1 Å². The third kappa shape index (κ3) is 5.22. The van der Waals surface area contributed by atoms with Crippen LogP contribution in [0.1, 0.15) is 25.7 Å². The fourth-order valence-corrected chi connectivity index (χ4v) is 2.61. The normalized spacial score (nSPS) is 25.7. The predicted octanol–water partition coefficient (Wildman–Crippen LogP) is -2.78. The summed E-state index contributed by atoms with van der Waals surface area (Å²) in [6, 6.07) is -1.12. The Hall–Kier alpha value is -1.20. The molecular formula is C12H25BN4O5. The van der Waals surface area contributed by atoms with E-state index in [1.807, 2.05) is 0 Å². The summed E-state index contributed by atoms with van der Waals surface area (Å²) in [5, 5.41) is 32.7. The van der Waals surface area contributed by atoms with Gasteiger partial charge in [-0.25, -0.2) is 0 Å². The molecule has 1 heterocycles. The van der Waals surface area contributed by atoms with Gasteiger partial charge in [0.2, 0.25) is 5.91 Å². The Bertz CT molecular complexity index is 398. The highest BCUT2D eigenvalue weighted by molar-refractivity contribution is 6.40. The smallest absolute Gasteiger partial charge is 0.451 e. The molecule has 0 radical (unpaired) electrons. The number of hydrogen-bond acceptors (Lipinski definition) is 7. The summed E-state index contributed by atoms with van der Waals surface area (Å²) in [7, 11) is -1.37. The number of carbonyl (C=O) groups excluding carboxylic acids is 1. The van der Waals surface area contributed by atoms with Gasteiger partial charge >= 0.3 is 13.1 Å². The van der Waals surface area contributed by atoms with Crippen LogP contribution in [0, 0.1) is 0 Å². The fourth-order valence-electron chi connectivity index (χ4n) is 2.61. The Morgan fingerprint density at radius 3 is 2.64 bits per heavy atom. The molecule has 0 aromatic heterocycles. The van der Waals surface area contributed by atoms with Crippen LogP contribution in [0.25, 0.3) is 0 Å². The van der Waals surface area contributed by atoms with E-state index < -0.39 is 24.7 Å². The molecule has 0 aromatic carbocycles. The van der Waals surface area contributed by atoms with E-state index in [-0.39, 0.29) is 31.2 Å². The summed E-state index contributed by atoms with van der Waals surface area (Å²) in [5.74, 6) is -1.36. The van der Waals surface area contributed by atoms with Gasteiger partial charge in [0.05, 0.1) is 6.04 Å². The lowest BCUT2D eigenvalue weighted by Gasteiger charge is -2.25. The molecular weight excluding hydrogens is 291 g/mol. The number of hydrogen-bond donors (Lipinski definition) is 7. The van der Waals surface area contributed by atoms with Gasteiger partial charge in [-0.3, -0.25) is 14.9 Å². The second-order valence-corrected chi connectivity index (χ2v) is 5.75. The molecule has 0 spiro atoms. The summed E-state index contributed by atoms with van der Waals surface area (Å²) in [4.78, 5) is 23.3. The molecule has 0 aromatic rings. The van der Waals surface area contributed by atoms with Crippen LogP contribution in [0.3, 0.4) is 0 Å². The number of amides is 1. The molecule has 1 fully saturated rings. The van der Waals surface area contributed by atoms with Crippen LogP contribution < -0.4 is 22.1 Å². The summed E-state index contributed by atoms with van der Waals surface area (Å²) >= 11 is 0. The molecule has 1 aliphatic heterocycles. The quantitative estimate of drug-likeness (QED) is 0.177. The number of carbonyl (C=O) groups is 2. The maximum absolute atomic E-state index is 11.7. The molecule has 10 heteroatoms. The van der Waals surface area contributed by atoms with Crippen LogP contribution in [0.4, 0.5) is 0 Å². The Labute approximate surface area is 129 Å². The van der Waals surface area contributed by atoms with Crippen LogP contribution in [0.2, 0.25) is 6.32 Å². The van der Waals surface area contributed by atoms with Crippen LogP contribution in [-0.2, 0) is 9.59 Å². The fraction of sp³-hybridized carbons (Fsp3) is 0.833. The van der Waals surface area contributed by atoms with Gasteiger partial charge < -0.3 is 31.9 Å². The minimum Gasteiger partial charge on any atom is -0.480 e. The highest BCUT2D eigenvalue weighted by atomic mass is 16.4. The summed E-state index contributed by atoms with van der Waals surface area (Å²) in [6.07, 6.45) is 1.88. The van der Waals surface area contributed by atoms with Crippen LogP contribution in [0.15, 0.2) is 0 Å². The summed E-state index contributed by atoms with van der Waals surface area (Å²) in [5.41, 5.74) is 9.74. The topological polar surface area (TPSA) is 171 Å². The van der Waals surface area contributed by atoms with Gasteiger partial charge in [-0.05, 0) is 19.2 Å². The molecule has 3 atom stereocenters. The van der Waals surface area contributed by atoms with Crippen molar-refractivity contribution in [2.75, 3.05) is 13.1 Å². The van der Waals surface area contributed by atoms with Crippen molar-refractivity contribution in [2.45, 2.75) is 49.6 Å². The van der Waals surface area contributed by atoms with Gasteiger partial charge in [-0.15, -0.1) is 0 Å². The molecule has 0 aliphatic carbocycles. The van der Waals surface area contributed by atoms with E-state index in [1.54, 1.807) is 0 Å². The SMILES string of the molecule is NC[C@H](N)C(=O)N[C@H]1CN[C@@](CCCCB(O)O)(C(=O)O)C1. The number of carboxylic acid groups (broad SMARTS) is 1. The first-order chi connectivity index (χ1) is 10.3. The standard InChI is InChI=1S/C12H25BN4O5/c14-6-9(15)10(18)17-8-5-12(11(19)20,16-7-8)3-1-2-4-13(21)22/h8-9,16,21-22H,1-7,14-15H2,(H,17,18)(H,19,20)/t8-,9+,12-/m1/s1. The Kier molecular flexibility index (Phi) is 7.23. The maximum atomic E-state index is 11.7. The van der Waals surface area contributed by atoms with Crippen molar-refractivity contribution in [3.8, 4) is 0 Å². The highest BCUT2D eigenvalue weighted by Crippen LogP contribution is 2.26. The van der Waals surface area contributed by atoms with Crippen molar-refractivity contribution in [2.24, 2.45) is 11.5 Å². The lowest BCUT2D eigenvalue weighted by molar-refractivity contribution is -0.144. The largest absolute Gasteiger partial charge is 0.480 e. The zero-order chi connectivity index (χ0) is 16.8. The van der Waals surface area contributed by atoms with E-state index in [0.717, 1.165) is 0 Å². The molecule has 1 rings (SSSR count). The second-order valence-electron chi connectivity index (χ2n) is 5.75. The Morgan fingerprint density at radius 2 is 2.09 bits per heavy atom. The first kappa shape index (κ1) is 18.9. The molecule has 9 nitrogen and oxygen atoms in total. The number of carboxylic acids is 1. The lowest BCUT2D eigenvalue weighted by atomic mass is 9.81. The molecule has 126 valence electrons. The van der Waals surface area contributed by atoms with Crippen molar-refractivity contribution in [3.05, 3.63) is 0 Å². The zero-order valence-corrected chi connectivity index (χ0v) is 12.5. The first-order valence-corrected chi connectivity index (χ1v) is 7.41. The zero-order valence-electron chi connectivity index (χ0n) is 12.5. The number of nitrogens with two attached hydrogens (primary N) is 2. The van der Waals surface area contributed by atoms with Gasteiger partial charge in [0.15, 0.2) is 0 Å². The second kappa shape index (κ2) is 8.44. The number of aliphatic carboxylic acids is 1. The molecule has 9 N–H and O–H groups in total. The van der Waals surface area contributed by atoms with Crippen molar-refractivity contribution in [3.63, 3.8) is 0 Å². The van der Waals surface area contributed by atoms with Gasteiger partial charge in [0.1, 0.15) is 5.54 Å². The Balaban J connectivity index is 2.52. The van der Waals surface area contributed by atoms with Crippen molar-refractivity contribution in [1.82, 2.24) is 10.6 Å². The maximum Gasteiger partial charge on any atom is 0.451 e. The highest BCUT2D eigenvalue weighted by Gasteiger charge is 2.45. The third-order valence-electron chi connectivity index (χ3n) is 3.94. The molecule has 22 heavy (non-hydrogen) atoms. The first-order valence-electron chi connectivity index (χ1n) is 7.41. The average Bonchev–Trinajstić information content (AvgIpc) is 2.87. The van der Waals surface area contributed by atoms with Crippen molar-refractivity contribution in [1.29, 1.82) is 0 Å². The van der Waals surface area contributed by atoms with Crippen molar-refractivity contribution >= 4 is 19.0 Å². The van der Waals surface area contributed by atoms with E-state index in [9.17, 15) is 14.7 Å². The molecule has 1 amide bonds. The lowest BCUT2D eigenvalue weighted by Crippen LogP contribution is -2.49. The number of unbranched alkanes of at least 4 members (excludes halogenated alkanes) is 1. The van der Waals surface area contributed by atoms with E-state index in [2.05, 4.69) is 10.6 Å². The summed E-state index contributed by atoms with van der Waals surface area (Å²) < 4.78 is 0.